The second-order valence-corrected chi connectivity index (χ2v) is 4.29. The first-order valence-corrected chi connectivity index (χ1v) is 5.80. The van der Waals surface area contributed by atoms with Crippen molar-refractivity contribution in [2.45, 2.75) is 26.2 Å². The van der Waals surface area contributed by atoms with E-state index in [1.807, 2.05) is 6.92 Å². The number of rotatable bonds is 7. The van der Waals surface area contributed by atoms with Crippen LogP contribution in [0, 0.1) is 11.8 Å². The van der Waals surface area contributed by atoms with Crippen LogP contribution >= 0.6 is 0 Å². The van der Waals surface area contributed by atoms with Gasteiger partial charge >= 0.3 is 0 Å². The molecule has 92 valence electrons. The molecule has 0 aliphatic heterocycles. The number of carbonyl (C=O) groups is 2. The molecule has 0 aromatic carbocycles. The van der Waals surface area contributed by atoms with Gasteiger partial charge in [-0.05, 0) is 18.8 Å². The summed E-state index contributed by atoms with van der Waals surface area (Å²) >= 11 is 0. The van der Waals surface area contributed by atoms with Crippen LogP contribution in [0.1, 0.15) is 26.2 Å². The van der Waals surface area contributed by atoms with Gasteiger partial charge in [0.1, 0.15) is 0 Å². The molecule has 1 fully saturated rings. The summed E-state index contributed by atoms with van der Waals surface area (Å²) in [4.78, 5) is 22.6. The number of aliphatic hydroxyl groups is 1. The van der Waals surface area contributed by atoms with Crippen LogP contribution in [0.15, 0.2) is 0 Å². The third-order valence-electron chi connectivity index (χ3n) is 2.75. The Bertz CT molecular complexity index is 256. The molecule has 2 atom stereocenters. The van der Waals surface area contributed by atoms with Crippen molar-refractivity contribution >= 4 is 11.8 Å². The summed E-state index contributed by atoms with van der Waals surface area (Å²) in [5.41, 5.74) is 0. The lowest BCUT2D eigenvalue weighted by Crippen LogP contribution is -2.32. The summed E-state index contributed by atoms with van der Waals surface area (Å²) < 4.78 is 0. The van der Waals surface area contributed by atoms with E-state index in [1.165, 1.54) is 0 Å². The van der Waals surface area contributed by atoms with Crippen LogP contribution in [-0.2, 0) is 9.59 Å². The van der Waals surface area contributed by atoms with E-state index >= 15 is 0 Å². The van der Waals surface area contributed by atoms with Gasteiger partial charge in [-0.1, -0.05) is 6.92 Å². The van der Waals surface area contributed by atoms with Crippen LogP contribution in [0.2, 0.25) is 0 Å². The summed E-state index contributed by atoms with van der Waals surface area (Å²) in [5, 5.41) is 13.9. The molecule has 5 nitrogen and oxygen atoms in total. The number of amides is 2. The number of carbonyl (C=O) groups excluding carboxylic acids is 2. The molecule has 0 heterocycles. The van der Waals surface area contributed by atoms with Gasteiger partial charge in [0, 0.05) is 32.0 Å². The summed E-state index contributed by atoms with van der Waals surface area (Å²) in [5.74, 6) is 0.643. The average molecular weight is 228 g/mol. The highest BCUT2D eigenvalue weighted by Crippen LogP contribution is 2.37. The van der Waals surface area contributed by atoms with Gasteiger partial charge in [-0.25, -0.2) is 0 Å². The van der Waals surface area contributed by atoms with Crippen molar-refractivity contribution in [3.05, 3.63) is 0 Å². The van der Waals surface area contributed by atoms with Crippen LogP contribution in [0.25, 0.3) is 0 Å². The molecule has 16 heavy (non-hydrogen) atoms. The Labute approximate surface area is 95.6 Å². The van der Waals surface area contributed by atoms with E-state index in [9.17, 15) is 9.59 Å². The fourth-order valence-corrected chi connectivity index (χ4v) is 1.51. The first-order chi connectivity index (χ1) is 7.65. The molecule has 1 saturated carbocycles. The van der Waals surface area contributed by atoms with Crippen molar-refractivity contribution in [3.63, 3.8) is 0 Å². The molecule has 2 amide bonds. The largest absolute Gasteiger partial charge is 0.396 e. The lowest BCUT2D eigenvalue weighted by atomic mass is 10.3. The van der Waals surface area contributed by atoms with Crippen molar-refractivity contribution in [3.8, 4) is 0 Å². The minimum absolute atomic E-state index is 0.0654. The molecule has 0 radical (unpaired) electrons. The molecule has 1 rings (SSSR count). The predicted octanol–water partition coefficient (Wildman–Crippen LogP) is -0.353. The molecule has 5 heteroatoms. The zero-order chi connectivity index (χ0) is 12.0. The molecular formula is C11H20N2O3. The van der Waals surface area contributed by atoms with Crippen LogP contribution in [-0.4, -0.2) is 36.6 Å². The van der Waals surface area contributed by atoms with Gasteiger partial charge in [0.25, 0.3) is 0 Å². The zero-order valence-electron chi connectivity index (χ0n) is 9.66. The minimum Gasteiger partial charge on any atom is -0.396 e. The minimum atomic E-state index is -0.0856. The molecule has 2 unspecified atom stereocenters. The third-order valence-corrected chi connectivity index (χ3v) is 2.75. The molecule has 0 aromatic heterocycles. The van der Waals surface area contributed by atoms with Crippen LogP contribution in [0.4, 0.5) is 0 Å². The summed E-state index contributed by atoms with van der Waals surface area (Å²) in [6, 6.07) is 0. The van der Waals surface area contributed by atoms with Gasteiger partial charge in [-0.2, -0.15) is 0 Å². The predicted molar refractivity (Wildman–Crippen MR) is 59.6 cm³/mol. The summed E-state index contributed by atoms with van der Waals surface area (Å²) in [6.45, 7) is 3.01. The van der Waals surface area contributed by atoms with Crippen LogP contribution < -0.4 is 10.6 Å². The third kappa shape index (κ3) is 4.61. The summed E-state index contributed by atoms with van der Waals surface area (Å²) in [6.07, 6.45) is 1.84. The number of aliphatic hydroxyl groups excluding tert-OH is 1. The van der Waals surface area contributed by atoms with Crippen molar-refractivity contribution in [1.82, 2.24) is 10.6 Å². The highest BCUT2D eigenvalue weighted by atomic mass is 16.3. The quantitative estimate of drug-likeness (QED) is 0.521. The van der Waals surface area contributed by atoms with E-state index in [4.69, 9.17) is 5.11 Å². The number of hydrogen-bond donors (Lipinski definition) is 3. The standard InChI is InChI=1S/C11H20N2O3/c1-8-7-9(8)11(16)13-5-3-10(15)12-4-2-6-14/h8-9,14H,2-7H2,1H3,(H,12,15)(H,13,16). The maximum atomic E-state index is 11.4. The van der Waals surface area contributed by atoms with Crippen LogP contribution in [0.3, 0.4) is 0 Å². The highest BCUT2D eigenvalue weighted by molar-refractivity contribution is 5.82. The molecule has 0 spiro atoms. The van der Waals surface area contributed by atoms with Gasteiger partial charge in [-0.15, -0.1) is 0 Å². The van der Waals surface area contributed by atoms with Gasteiger partial charge in [0.2, 0.25) is 11.8 Å². The first kappa shape index (κ1) is 13.0. The normalized spacial score (nSPS) is 22.6. The Morgan fingerprint density at radius 3 is 2.56 bits per heavy atom. The van der Waals surface area contributed by atoms with Gasteiger partial charge < -0.3 is 15.7 Å². The van der Waals surface area contributed by atoms with E-state index in [-0.39, 0.29) is 24.3 Å². The molecule has 0 saturated heterocycles. The summed E-state index contributed by atoms with van der Waals surface area (Å²) in [7, 11) is 0. The molecule has 1 aliphatic carbocycles. The van der Waals surface area contributed by atoms with Gasteiger partial charge in [-0.3, -0.25) is 9.59 Å². The number of hydrogen-bond acceptors (Lipinski definition) is 3. The van der Waals surface area contributed by atoms with Crippen molar-refractivity contribution < 1.29 is 14.7 Å². The van der Waals surface area contributed by atoms with E-state index in [0.717, 1.165) is 6.42 Å². The molecule has 0 aromatic rings. The molecule has 0 bridgehead atoms. The number of nitrogens with one attached hydrogen (secondary N) is 2. The van der Waals surface area contributed by atoms with Crippen LogP contribution in [0.5, 0.6) is 0 Å². The maximum Gasteiger partial charge on any atom is 0.223 e. The smallest absolute Gasteiger partial charge is 0.223 e. The van der Waals surface area contributed by atoms with E-state index in [2.05, 4.69) is 10.6 Å². The lowest BCUT2D eigenvalue weighted by molar-refractivity contribution is -0.123. The zero-order valence-corrected chi connectivity index (χ0v) is 9.66. The Morgan fingerprint density at radius 2 is 2.00 bits per heavy atom. The molecule has 3 N–H and O–H groups in total. The Kier molecular flexibility index (Phi) is 5.25. The highest BCUT2D eigenvalue weighted by Gasteiger charge is 2.38. The Morgan fingerprint density at radius 1 is 1.31 bits per heavy atom. The van der Waals surface area contributed by atoms with Gasteiger partial charge in [0.15, 0.2) is 0 Å². The van der Waals surface area contributed by atoms with E-state index in [1.54, 1.807) is 0 Å². The lowest BCUT2D eigenvalue weighted by Gasteiger charge is -2.05. The fourth-order valence-electron chi connectivity index (χ4n) is 1.51. The van der Waals surface area contributed by atoms with Gasteiger partial charge in [0.05, 0.1) is 0 Å². The average Bonchev–Trinajstić information content (AvgIpc) is 2.96. The van der Waals surface area contributed by atoms with Crippen molar-refractivity contribution in [2.75, 3.05) is 19.7 Å². The van der Waals surface area contributed by atoms with Crippen molar-refractivity contribution in [2.24, 2.45) is 11.8 Å². The monoisotopic (exact) mass is 228 g/mol. The topological polar surface area (TPSA) is 78.4 Å². The molecular weight excluding hydrogens is 208 g/mol. The van der Waals surface area contributed by atoms with E-state index < -0.39 is 0 Å². The Balaban J connectivity index is 1.97. The maximum absolute atomic E-state index is 11.4. The SMILES string of the molecule is CC1CC1C(=O)NCCC(=O)NCCCO. The first-order valence-electron chi connectivity index (χ1n) is 5.80. The fraction of sp³-hybridized carbons (Fsp3) is 0.818. The Hall–Kier alpha value is -1.10. The molecule has 1 aliphatic rings. The second kappa shape index (κ2) is 6.48. The second-order valence-electron chi connectivity index (χ2n) is 4.29. The van der Waals surface area contributed by atoms with E-state index in [0.29, 0.717) is 31.8 Å². The van der Waals surface area contributed by atoms with Crippen molar-refractivity contribution in [1.29, 1.82) is 0 Å².